The first-order valence-electron chi connectivity index (χ1n) is 5.52. The average molecular weight is 210 g/mol. The molecular weight excluding hydrogens is 192 g/mol. The highest BCUT2D eigenvalue weighted by atomic mass is 16.5. The molecule has 2 rings (SSSR count). The first-order chi connectivity index (χ1) is 7.29. The molecular formula is C10H18N4O. The van der Waals surface area contributed by atoms with Crippen LogP contribution < -0.4 is 5.73 Å². The molecule has 84 valence electrons. The van der Waals surface area contributed by atoms with Crippen LogP contribution in [-0.2, 0) is 6.54 Å². The number of aromatic nitrogens is 2. The highest BCUT2D eigenvalue weighted by Gasteiger charge is 2.25. The van der Waals surface area contributed by atoms with Crippen molar-refractivity contribution in [2.75, 3.05) is 13.1 Å². The molecule has 2 N–H and O–H groups in total. The molecule has 1 saturated heterocycles. The lowest BCUT2D eigenvalue weighted by molar-refractivity contribution is 0.141. The Bertz CT molecular complexity index is 288. The van der Waals surface area contributed by atoms with E-state index in [1.54, 1.807) is 0 Å². The summed E-state index contributed by atoms with van der Waals surface area (Å²) < 4.78 is 4.72. The molecule has 5 nitrogen and oxygen atoms in total. The maximum absolute atomic E-state index is 6.05. The van der Waals surface area contributed by atoms with Crippen molar-refractivity contribution < 1.29 is 4.52 Å². The van der Waals surface area contributed by atoms with Gasteiger partial charge >= 0.3 is 0 Å². The van der Waals surface area contributed by atoms with Gasteiger partial charge in [0.15, 0.2) is 5.82 Å². The SMILES string of the molecule is CCC1CN(Cc2ncon2)CCC1N. The van der Waals surface area contributed by atoms with Crippen molar-refractivity contribution >= 4 is 0 Å². The van der Waals surface area contributed by atoms with Crippen LogP contribution in [0, 0.1) is 5.92 Å². The standard InChI is InChI=1S/C10H18N4O/c1-2-8-5-14(4-3-9(8)11)6-10-12-7-15-13-10/h7-9H,2-6,11H2,1H3. The Morgan fingerprint density at radius 3 is 3.20 bits per heavy atom. The summed E-state index contributed by atoms with van der Waals surface area (Å²) in [6.45, 7) is 5.06. The minimum Gasteiger partial charge on any atom is -0.343 e. The first kappa shape index (κ1) is 10.6. The lowest BCUT2D eigenvalue weighted by Crippen LogP contribution is -2.46. The summed E-state index contributed by atoms with van der Waals surface area (Å²) in [5, 5.41) is 3.82. The Morgan fingerprint density at radius 1 is 1.67 bits per heavy atom. The maximum Gasteiger partial charge on any atom is 0.213 e. The quantitative estimate of drug-likeness (QED) is 0.792. The third-order valence-electron chi connectivity index (χ3n) is 3.17. The zero-order valence-corrected chi connectivity index (χ0v) is 9.09. The number of likely N-dealkylation sites (tertiary alicyclic amines) is 1. The van der Waals surface area contributed by atoms with Crippen molar-refractivity contribution in [3.05, 3.63) is 12.2 Å². The van der Waals surface area contributed by atoms with Crippen LogP contribution in [0.15, 0.2) is 10.9 Å². The predicted octanol–water partition coefficient (Wildman–Crippen LogP) is 0.629. The van der Waals surface area contributed by atoms with Gasteiger partial charge in [-0.05, 0) is 12.3 Å². The normalized spacial score (nSPS) is 28.1. The molecule has 2 heterocycles. The van der Waals surface area contributed by atoms with Crippen LogP contribution in [0.4, 0.5) is 0 Å². The molecule has 0 aromatic carbocycles. The van der Waals surface area contributed by atoms with Gasteiger partial charge in [-0.3, -0.25) is 4.90 Å². The summed E-state index contributed by atoms with van der Waals surface area (Å²) in [6.07, 6.45) is 3.59. The van der Waals surface area contributed by atoms with E-state index >= 15 is 0 Å². The average Bonchev–Trinajstić information content (AvgIpc) is 2.73. The van der Waals surface area contributed by atoms with Crippen LogP contribution in [0.3, 0.4) is 0 Å². The van der Waals surface area contributed by atoms with Gasteiger partial charge in [0.05, 0.1) is 6.54 Å². The minimum atomic E-state index is 0.358. The van der Waals surface area contributed by atoms with Gasteiger partial charge in [0.1, 0.15) is 0 Å². The molecule has 5 heteroatoms. The van der Waals surface area contributed by atoms with E-state index in [0.717, 1.165) is 38.3 Å². The van der Waals surface area contributed by atoms with Gasteiger partial charge in [-0.1, -0.05) is 18.5 Å². The highest BCUT2D eigenvalue weighted by Crippen LogP contribution is 2.19. The summed E-state index contributed by atoms with van der Waals surface area (Å²) >= 11 is 0. The van der Waals surface area contributed by atoms with Crippen molar-refractivity contribution in [3.8, 4) is 0 Å². The molecule has 15 heavy (non-hydrogen) atoms. The lowest BCUT2D eigenvalue weighted by Gasteiger charge is -2.35. The van der Waals surface area contributed by atoms with Gasteiger partial charge in [-0.2, -0.15) is 4.98 Å². The van der Waals surface area contributed by atoms with Gasteiger partial charge in [-0.25, -0.2) is 0 Å². The van der Waals surface area contributed by atoms with Crippen molar-refractivity contribution in [1.82, 2.24) is 15.0 Å². The van der Waals surface area contributed by atoms with Crippen molar-refractivity contribution in [2.45, 2.75) is 32.4 Å². The topological polar surface area (TPSA) is 68.2 Å². The fourth-order valence-electron chi connectivity index (χ4n) is 2.16. The molecule has 1 aliphatic rings. The van der Waals surface area contributed by atoms with E-state index in [4.69, 9.17) is 10.3 Å². The van der Waals surface area contributed by atoms with Crippen molar-refractivity contribution in [3.63, 3.8) is 0 Å². The number of nitrogens with zero attached hydrogens (tertiary/aromatic N) is 3. The molecule has 1 aliphatic heterocycles. The van der Waals surface area contributed by atoms with Gasteiger partial charge in [0.2, 0.25) is 6.39 Å². The summed E-state index contributed by atoms with van der Waals surface area (Å²) in [7, 11) is 0. The molecule has 1 fully saturated rings. The Labute approximate surface area is 89.6 Å². The van der Waals surface area contributed by atoms with Crippen molar-refractivity contribution in [1.29, 1.82) is 0 Å². The molecule has 1 aromatic rings. The molecule has 0 amide bonds. The second kappa shape index (κ2) is 4.72. The molecule has 2 unspecified atom stereocenters. The number of nitrogens with two attached hydrogens (primary N) is 1. The number of piperidine rings is 1. The molecule has 0 aliphatic carbocycles. The summed E-state index contributed by atoms with van der Waals surface area (Å²) in [5.41, 5.74) is 6.05. The van der Waals surface area contributed by atoms with Gasteiger partial charge in [-0.15, -0.1) is 0 Å². The van der Waals surface area contributed by atoms with Gasteiger partial charge in [0.25, 0.3) is 0 Å². The van der Waals surface area contributed by atoms with Crippen LogP contribution in [0.1, 0.15) is 25.6 Å². The van der Waals surface area contributed by atoms with E-state index in [2.05, 4.69) is 22.0 Å². The number of hydrogen-bond acceptors (Lipinski definition) is 5. The van der Waals surface area contributed by atoms with Gasteiger partial charge < -0.3 is 10.3 Å². The van der Waals surface area contributed by atoms with E-state index in [-0.39, 0.29) is 0 Å². The smallest absolute Gasteiger partial charge is 0.213 e. The van der Waals surface area contributed by atoms with E-state index in [0.29, 0.717) is 12.0 Å². The van der Waals surface area contributed by atoms with Crippen molar-refractivity contribution in [2.24, 2.45) is 11.7 Å². The Balaban J connectivity index is 1.89. The monoisotopic (exact) mass is 210 g/mol. The third-order valence-corrected chi connectivity index (χ3v) is 3.17. The summed E-state index contributed by atoms with van der Waals surface area (Å²) in [6, 6.07) is 0.358. The second-order valence-electron chi connectivity index (χ2n) is 4.20. The molecule has 1 aromatic heterocycles. The fraction of sp³-hybridized carbons (Fsp3) is 0.800. The van der Waals surface area contributed by atoms with E-state index in [1.807, 2.05) is 0 Å². The Hall–Kier alpha value is -0.940. The number of rotatable bonds is 3. The lowest BCUT2D eigenvalue weighted by atomic mass is 9.91. The van der Waals surface area contributed by atoms with Crippen LogP contribution in [0.25, 0.3) is 0 Å². The van der Waals surface area contributed by atoms with Crippen LogP contribution in [0.2, 0.25) is 0 Å². The third kappa shape index (κ3) is 2.54. The highest BCUT2D eigenvalue weighted by molar-refractivity contribution is 4.85. The minimum absolute atomic E-state index is 0.358. The predicted molar refractivity (Wildman–Crippen MR) is 55.9 cm³/mol. The van der Waals surface area contributed by atoms with E-state index in [9.17, 15) is 0 Å². The summed E-state index contributed by atoms with van der Waals surface area (Å²) in [4.78, 5) is 6.38. The number of hydrogen-bond donors (Lipinski definition) is 1. The van der Waals surface area contributed by atoms with Crippen LogP contribution >= 0.6 is 0 Å². The molecule has 0 radical (unpaired) electrons. The molecule has 0 bridgehead atoms. The maximum atomic E-state index is 6.05. The Morgan fingerprint density at radius 2 is 2.53 bits per heavy atom. The zero-order valence-electron chi connectivity index (χ0n) is 9.09. The van der Waals surface area contributed by atoms with Crippen LogP contribution in [-0.4, -0.2) is 34.2 Å². The first-order valence-corrected chi connectivity index (χ1v) is 5.52. The van der Waals surface area contributed by atoms with Crippen LogP contribution in [0.5, 0.6) is 0 Å². The van der Waals surface area contributed by atoms with Gasteiger partial charge in [0, 0.05) is 19.1 Å². The molecule has 0 saturated carbocycles. The van der Waals surface area contributed by atoms with E-state index in [1.165, 1.54) is 6.39 Å². The second-order valence-corrected chi connectivity index (χ2v) is 4.20. The molecule has 2 atom stereocenters. The van der Waals surface area contributed by atoms with E-state index < -0.39 is 0 Å². The summed E-state index contributed by atoms with van der Waals surface area (Å²) in [5.74, 6) is 1.37. The largest absolute Gasteiger partial charge is 0.343 e. The Kier molecular flexibility index (Phi) is 3.33. The molecule has 0 spiro atoms. The zero-order chi connectivity index (χ0) is 10.7. The fourth-order valence-corrected chi connectivity index (χ4v) is 2.16.